The van der Waals surface area contributed by atoms with Gasteiger partial charge in [0.05, 0.1) is 17.6 Å². The van der Waals surface area contributed by atoms with E-state index in [0.29, 0.717) is 17.9 Å². The number of nitrogens with one attached hydrogen (secondary N) is 2. The van der Waals surface area contributed by atoms with Gasteiger partial charge in [0.1, 0.15) is 5.69 Å². The zero-order valence-corrected chi connectivity index (χ0v) is 12.1. The van der Waals surface area contributed by atoms with E-state index in [1.54, 1.807) is 18.3 Å². The SMILES string of the molecule is CCCNc1cnn(-c2ccccc2)c(=O)c1NC(C)=O. The minimum absolute atomic E-state index is 0.217. The Labute approximate surface area is 122 Å². The molecule has 6 heteroatoms. The molecule has 2 aromatic rings. The fourth-order valence-corrected chi connectivity index (χ4v) is 1.90. The van der Waals surface area contributed by atoms with Gasteiger partial charge in [-0.3, -0.25) is 9.59 Å². The molecule has 0 saturated heterocycles. The van der Waals surface area contributed by atoms with Crippen LogP contribution in [0.4, 0.5) is 11.4 Å². The number of carbonyl (C=O) groups excluding carboxylic acids is 1. The number of benzene rings is 1. The van der Waals surface area contributed by atoms with Crippen molar-refractivity contribution < 1.29 is 4.79 Å². The van der Waals surface area contributed by atoms with Crippen LogP contribution in [0, 0.1) is 0 Å². The summed E-state index contributed by atoms with van der Waals surface area (Å²) in [5, 5.41) is 9.84. The number of para-hydroxylation sites is 1. The van der Waals surface area contributed by atoms with E-state index in [1.807, 2.05) is 25.1 Å². The van der Waals surface area contributed by atoms with Gasteiger partial charge in [0, 0.05) is 13.5 Å². The molecule has 110 valence electrons. The quantitative estimate of drug-likeness (QED) is 0.881. The Kier molecular flexibility index (Phi) is 4.71. The lowest BCUT2D eigenvalue weighted by Crippen LogP contribution is -2.27. The van der Waals surface area contributed by atoms with Crippen LogP contribution in [0.2, 0.25) is 0 Å². The average Bonchev–Trinajstić information content (AvgIpc) is 2.48. The summed E-state index contributed by atoms with van der Waals surface area (Å²) < 4.78 is 1.27. The van der Waals surface area contributed by atoms with Gasteiger partial charge in [-0.05, 0) is 18.6 Å². The van der Waals surface area contributed by atoms with Gasteiger partial charge in [-0.25, -0.2) is 0 Å². The molecule has 0 saturated carbocycles. The number of amides is 1. The van der Waals surface area contributed by atoms with Crippen LogP contribution in [0.1, 0.15) is 20.3 Å². The Bertz CT molecular complexity index is 680. The molecule has 0 aliphatic heterocycles. The first-order chi connectivity index (χ1) is 10.1. The van der Waals surface area contributed by atoms with Crippen molar-refractivity contribution in [3.63, 3.8) is 0 Å². The zero-order chi connectivity index (χ0) is 15.2. The smallest absolute Gasteiger partial charge is 0.297 e. The molecule has 0 atom stereocenters. The molecule has 6 nitrogen and oxygen atoms in total. The highest BCUT2D eigenvalue weighted by atomic mass is 16.2. The summed E-state index contributed by atoms with van der Waals surface area (Å²) in [6.07, 6.45) is 2.45. The molecule has 0 aliphatic carbocycles. The lowest BCUT2D eigenvalue weighted by atomic mass is 10.3. The first-order valence-electron chi connectivity index (χ1n) is 6.82. The highest BCUT2D eigenvalue weighted by Gasteiger charge is 2.13. The Morgan fingerprint density at radius 3 is 2.62 bits per heavy atom. The highest BCUT2D eigenvalue weighted by Crippen LogP contribution is 2.16. The topological polar surface area (TPSA) is 76.0 Å². The third kappa shape index (κ3) is 3.47. The van der Waals surface area contributed by atoms with Crippen LogP contribution >= 0.6 is 0 Å². The molecule has 1 aromatic carbocycles. The highest BCUT2D eigenvalue weighted by molar-refractivity contribution is 5.92. The van der Waals surface area contributed by atoms with E-state index in [0.717, 1.165) is 6.42 Å². The molecule has 2 N–H and O–H groups in total. The van der Waals surface area contributed by atoms with Gasteiger partial charge < -0.3 is 10.6 Å². The molecule has 21 heavy (non-hydrogen) atoms. The summed E-state index contributed by atoms with van der Waals surface area (Å²) in [7, 11) is 0. The Morgan fingerprint density at radius 1 is 1.29 bits per heavy atom. The molecule has 0 aliphatic rings. The van der Waals surface area contributed by atoms with Crippen molar-refractivity contribution >= 4 is 17.3 Å². The molecule has 0 bridgehead atoms. The van der Waals surface area contributed by atoms with Crippen LogP contribution in [-0.2, 0) is 4.79 Å². The minimum atomic E-state index is -0.363. The minimum Gasteiger partial charge on any atom is -0.382 e. The fraction of sp³-hybridized carbons (Fsp3) is 0.267. The van der Waals surface area contributed by atoms with Gasteiger partial charge in [-0.2, -0.15) is 9.78 Å². The summed E-state index contributed by atoms with van der Waals surface area (Å²) >= 11 is 0. The van der Waals surface area contributed by atoms with Crippen molar-refractivity contribution in [2.75, 3.05) is 17.2 Å². The average molecular weight is 286 g/mol. The number of nitrogens with zero attached hydrogens (tertiary/aromatic N) is 2. The van der Waals surface area contributed by atoms with Gasteiger partial charge in [-0.1, -0.05) is 25.1 Å². The monoisotopic (exact) mass is 286 g/mol. The molecule has 1 aromatic heterocycles. The van der Waals surface area contributed by atoms with E-state index < -0.39 is 0 Å². The van der Waals surface area contributed by atoms with E-state index in [1.165, 1.54) is 11.6 Å². The number of aromatic nitrogens is 2. The lowest BCUT2D eigenvalue weighted by molar-refractivity contribution is -0.114. The van der Waals surface area contributed by atoms with Crippen molar-refractivity contribution in [2.45, 2.75) is 20.3 Å². The van der Waals surface area contributed by atoms with E-state index in [2.05, 4.69) is 15.7 Å². The molecule has 1 amide bonds. The Morgan fingerprint density at radius 2 is 2.00 bits per heavy atom. The van der Waals surface area contributed by atoms with Gasteiger partial charge in [-0.15, -0.1) is 0 Å². The first kappa shape index (κ1) is 14.8. The molecule has 2 rings (SSSR count). The predicted molar refractivity (Wildman–Crippen MR) is 82.9 cm³/mol. The fourth-order valence-electron chi connectivity index (χ4n) is 1.90. The summed E-state index contributed by atoms with van der Waals surface area (Å²) in [5.41, 5.74) is 1.03. The molecule has 0 fully saturated rings. The standard InChI is InChI=1S/C15H18N4O2/c1-3-9-16-13-10-17-19(12-7-5-4-6-8-12)15(21)14(13)18-11(2)20/h4-8,10,16H,3,9H2,1-2H3,(H,18,20). The molecule has 0 radical (unpaired) electrons. The maximum absolute atomic E-state index is 12.5. The van der Waals surface area contributed by atoms with Crippen molar-refractivity contribution in [3.8, 4) is 5.69 Å². The van der Waals surface area contributed by atoms with Crippen molar-refractivity contribution in [1.29, 1.82) is 0 Å². The van der Waals surface area contributed by atoms with Crippen LogP contribution < -0.4 is 16.2 Å². The van der Waals surface area contributed by atoms with Gasteiger partial charge in [0.25, 0.3) is 5.56 Å². The third-order valence-electron chi connectivity index (χ3n) is 2.85. The Hall–Kier alpha value is -2.63. The largest absolute Gasteiger partial charge is 0.382 e. The van der Waals surface area contributed by atoms with Gasteiger partial charge in [0.15, 0.2) is 0 Å². The zero-order valence-electron chi connectivity index (χ0n) is 12.1. The maximum atomic E-state index is 12.5. The van der Waals surface area contributed by atoms with E-state index >= 15 is 0 Å². The van der Waals surface area contributed by atoms with Crippen LogP contribution in [-0.4, -0.2) is 22.2 Å². The second-order valence-electron chi connectivity index (χ2n) is 4.59. The van der Waals surface area contributed by atoms with Gasteiger partial charge in [0.2, 0.25) is 5.91 Å². The second-order valence-corrected chi connectivity index (χ2v) is 4.59. The van der Waals surface area contributed by atoms with E-state index in [-0.39, 0.29) is 17.2 Å². The normalized spacial score (nSPS) is 10.2. The van der Waals surface area contributed by atoms with Crippen LogP contribution in [0.5, 0.6) is 0 Å². The lowest BCUT2D eigenvalue weighted by Gasteiger charge is -2.13. The molecular formula is C15H18N4O2. The van der Waals surface area contributed by atoms with Gasteiger partial charge >= 0.3 is 0 Å². The van der Waals surface area contributed by atoms with Crippen LogP contribution in [0.3, 0.4) is 0 Å². The summed E-state index contributed by atoms with van der Waals surface area (Å²) in [5.74, 6) is -0.294. The number of rotatable bonds is 5. The molecule has 0 spiro atoms. The molecule has 0 unspecified atom stereocenters. The molecule has 1 heterocycles. The number of anilines is 2. The maximum Gasteiger partial charge on any atom is 0.297 e. The number of hydrogen-bond donors (Lipinski definition) is 2. The predicted octanol–water partition coefficient (Wildman–Crippen LogP) is 2.01. The second kappa shape index (κ2) is 6.69. The summed E-state index contributed by atoms with van der Waals surface area (Å²) in [6, 6.07) is 9.08. The van der Waals surface area contributed by atoms with E-state index in [4.69, 9.17) is 0 Å². The Balaban J connectivity index is 2.51. The van der Waals surface area contributed by atoms with Crippen LogP contribution in [0.25, 0.3) is 5.69 Å². The van der Waals surface area contributed by atoms with E-state index in [9.17, 15) is 9.59 Å². The van der Waals surface area contributed by atoms with Crippen molar-refractivity contribution in [3.05, 3.63) is 46.9 Å². The summed E-state index contributed by atoms with van der Waals surface area (Å²) in [4.78, 5) is 23.9. The van der Waals surface area contributed by atoms with Crippen molar-refractivity contribution in [2.24, 2.45) is 0 Å². The van der Waals surface area contributed by atoms with Crippen LogP contribution in [0.15, 0.2) is 41.3 Å². The van der Waals surface area contributed by atoms with Crippen molar-refractivity contribution in [1.82, 2.24) is 9.78 Å². The number of carbonyl (C=O) groups is 1. The summed E-state index contributed by atoms with van der Waals surface area (Å²) in [6.45, 7) is 4.09. The first-order valence-corrected chi connectivity index (χ1v) is 6.82. The molecular weight excluding hydrogens is 268 g/mol. The third-order valence-corrected chi connectivity index (χ3v) is 2.85. The number of hydrogen-bond acceptors (Lipinski definition) is 4.